The topological polar surface area (TPSA) is 44.4 Å². The number of carbonyl (C=O) groups excluding carboxylic acids is 1. The number of anilines is 2. The van der Waals surface area contributed by atoms with E-state index < -0.39 is 0 Å². The fourth-order valence-corrected chi connectivity index (χ4v) is 4.37. The van der Waals surface area contributed by atoms with Gasteiger partial charge in [0.05, 0.1) is 6.04 Å². The van der Waals surface area contributed by atoms with Crippen molar-refractivity contribution in [3.8, 4) is 0 Å². The molecule has 0 fully saturated rings. The molecule has 1 unspecified atom stereocenters. The third-order valence-electron chi connectivity index (χ3n) is 4.94. The van der Waals surface area contributed by atoms with Gasteiger partial charge < -0.3 is 15.5 Å². The fourth-order valence-electron chi connectivity index (χ4n) is 3.53. The van der Waals surface area contributed by atoms with Crippen LogP contribution in [0.3, 0.4) is 0 Å². The number of nitrogens with zero attached hydrogens (tertiary/aromatic N) is 1. The van der Waals surface area contributed by atoms with Crippen LogP contribution in [0.1, 0.15) is 22.0 Å². The predicted octanol–water partition coefficient (Wildman–Crippen LogP) is 4.98. The molecule has 0 saturated carbocycles. The number of aryl methyl sites for hydroxylation is 1. The number of fused-ring (bicyclic) bond motifs is 1. The second kappa shape index (κ2) is 7.84. The van der Waals surface area contributed by atoms with Crippen molar-refractivity contribution in [2.24, 2.45) is 0 Å². The summed E-state index contributed by atoms with van der Waals surface area (Å²) in [6, 6.07) is 20.5. The van der Waals surface area contributed by atoms with Crippen LogP contribution in [0.25, 0.3) is 0 Å². The Hall–Kier alpha value is -2.79. The first kappa shape index (κ1) is 17.6. The number of hydrogen-bond acceptors (Lipinski definition) is 3. The molecule has 5 heteroatoms. The van der Waals surface area contributed by atoms with E-state index in [1.807, 2.05) is 31.2 Å². The van der Waals surface area contributed by atoms with Crippen molar-refractivity contribution in [2.75, 3.05) is 23.3 Å². The van der Waals surface area contributed by atoms with Crippen LogP contribution in [0.4, 0.5) is 16.2 Å². The molecular weight excluding hydrogens is 354 g/mol. The first-order chi connectivity index (χ1) is 13.2. The molecule has 1 atom stereocenters. The maximum Gasteiger partial charge on any atom is 0.319 e. The van der Waals surface area contributed by atoms with Crippen molar-refractivity contribution in [1.29, 1.82) is 0 Å². The van der Waals surface area contributed by atoms with Gasteiger partial charge in [-0.2, -0.15) is 0 Å². The van der Waals surface area contributed by atoms with Crippen molar-refractivity contribution in [3.05, 3.63) is 82.0 Å². The molecule has 1 aliphatic rings. The molecule has 0 saturated heterocycles. The molecule has 2 amide bonds. The summed E-state index contributed by atoms with van der Waals surface area (Å²) in [4.78, 5) is 16.1. The molecule has 0 radical (unpaired) electrons. The molecular formula is C22H23N3OS. The summed E-state index contributed by atoms with van der Waals surface area (Å²) < 4.78 is 0. The third-order valence-corrected chi connectivity index (χ3v) is 5.91. The number of carbonyl (C=O) groups is 1. The number of hydrogen-bond donors (Lipinski definition) is 2. The summed E-state index contributed by atoms with van der Waals surface area (Å²) >= 11 is 1.74. The third kappa shape index (κ3) is 3.98. The Morgan fingerprint density at radius 1 is 1.11 bits per heavy atom. The molecule has 27 heavy (non-hydrogen) atoms. The lowest BCUT2D eigenvalue weighted by atomic mass is 10.1. The van der Waals surface area contributed by atoms with Gasteiger partial charge >= 0.3 is 6.03 Å². The van der Waals surface area contributed by atoms with E-state index in [9.17, 15) is 4.79 Å². The Labute approximate surface area is 163 Å². The lowest BCUT2D eigenvalue weighted by molar-refractivity contribution is 0.251. The normalized spacial score (nSPS) is 13.9. The van der Waals surface area contributed by atoms with Gasteiger partial charge in [0.1, 0.15) is 0 Å². The van der Waals surface area contributed by atoms with Crippen LogP contribution in [0.5, 0.6) is 0 Å². The van der Waals surface area contributed by atoms with E-state index in [1.165, 1.54) is 21.7 Å². The highest BCUT2D eigenvalue weighted by Crippen LogP contribution is 2.36. The maximum absolute atomic E-state index is 12.4. The Morgan fingerprint density at radius 3 is 2.70 bits per heavy atom. The monoisotopic (exact) mass is 377 g/mol. The van der Waals surface area contributed by atoms with Gasteiger partial charge in [-0.25, -0.2) is 4.79 Å². The zero-order valence-electron chi connectivity index (χ0n) is 15.3. The van der Waals surface area contributed by atoms with Crippen LogP contribution >= 0.6 is 11.3 Å². The number of nitrogens with one attached hydrogen (secondary N) is 2. The van der Waals surface area contributed by atoms with Crippen LogP contribution < -0.4 is 15.5 Å². The summed E-state index contributed by atoms with van der Waals surface area (Å²) in [6.45, 7) is 3.57. The van der Waals surface area contributed by atoms with E-state index in [1.54, 1.807) is 11.3 Å². The van der Waals surface area contributed by atoms with Crippen molar-refractivity contribution >= 4 is 28.7 Å². The van der Waals surface area contributed by atoms with E-state index in [0.717, 1.165) is 18.7 Å². The average molecular weight is 378 g/mol. The minimum Gasteiger partial charge on any atom is -0.361 e. The number of rotatable bonds is 5. The van der Waals surface area contributed by atoms with Gasteiger partial charge in [0.25, 0.3) is 0 Å². The minimum absolute atomic E-state index is 0.136. The lowest BCUT2D eigenvalue weighted by Crippen LogP contribution is -2.38. The molecule has 2 aromatic carbocycles. The van der Waals surface area contributed by atoms with Gasteiger partial charge in [0, 0.05) is 29.3 Å². The van der Waals surface area contributed by atoms with Gasteiger partial charge in [-0.3, -0.25) is 0 Å². The zero-order chi connectivity index (χ0) is 18.6. The van der Waals surface area contributed by atoms with Crippen LogP contribution in [0.2, 0.25) is 0 Å². The lowest BCUT2D eigenvalue weighted by Gasteiger charge is -2.30. The van der Waals surface area contributed by atoms with Crippen molar-refractivity contribution in [3.63, 3.8) is 0 Å². The molecule has 3 aromatic rings. The minimum atomic E-state index is -0.173. The Bertz CT molecular complexity index is 906. The quantitative estimate of drug-likeness (QED) is 0.658. The molecule has 1 aliphatic heterocycles. The standard InChI is InChI=1S/C22H23N3OS/c1-16-8-10-18(11-9-16)24-22(26)23-15-20(21-7-4-14-27-21)25-13-12-17-5-2-3-6-19(17)25/h2-11,14,20H,12-13,15H2,1H3,(H2,23,24,26). The maximum atomic E-state index is 12.4. The summed E-state index contributed by atoms with van der Waals surface area (Å²) in [7, 11) is 0. The van der Waals surface area contributed by atoms with Gasteiger partial charge in [0.2, 0.25) is 0 Å². The fraction of sp³-hybridized carbons (Fsp3) is 0.227. The zero-order valence-corrected chi connectivity index (χ0v) is 16.1. The summed E-state index contributed by atoms with van der Waals surface area (Å²) in [6.07, 6.45) is 1.05. The van der Waals surface area contributed by atoms with Crippen LogP contribution in [0, 0.1) is 6.92 Å². The molecule has 2 heterocycles. The molecule has 0 aliphatic carbocycles. The van der Waals surface area contributed by atoms with Crippen LogP contribution in [0.15, 0.2) is 66.0 Å². The van der Waals surface area contributed by atoms with Crippen molar-refractivity contribution < 1.29 is 4.79 Å². The Kier molecular flexibility index (Phi) is 5.12. The van der Waals surface area contributed by atoms with Crippen LogP contribution in [-0.4, -0.2) is 19.1 Å². The van der Waals surface area contributed by atoms with E-state index in [-0.39, 0.29) is 12.1 Å². The molecule has 138 valence electrons. The number of benzene rings is 2. The van der Waals surface area contributed by atoms with Gasteiger partial charge in [0.15, 0.2) is 0 Å². The van der Waals surface area contributed by atoms with E-state index >= 15 is 0 Å². The van der Waals surface area contributed by atoms with Crippen molar-refractivity contribution in [2.45, 2.75) is 19.4 Å². The summed E-state index contributed by atoms with van der Waals surface area (Å²) in [5.41, 5.74) is 4.63. The molecule has 4 rings (SSSR count). The average Bonchev–Trinajstić information content (AvgIpc) is 3.35. The molecule has 4 nitrogen and oxygen atoms in total. The smallest absolute Gasteiger partial charge is 0.319 e. The summed E-state index contributed by atoms with van der Waals surface area (Å²) in [5, 5.41) is 8.07. The highest BCUT2D eigenvalue weighted by Gasteiger charge is 2.27. The molecule has 0 bridgehead atoms. The second-order valence-electron chi connectivity index (χ2n) is 6.80. The Balaban J connectivity index is 1.46. The van der Waals surface area contributed by atoms with Crippen LogP contribution in [-0.2, 0) is 6.42 Å². The largest absolute Gasteiger partial charge is 0.361 e. The van der Waals surface area contributed by atoms with Crippen molar-refractivity contribution in [1.82, 2.24) is 5.32 Å². The first-order valence-corrected chi connectivity index (χ1v) is 10.1. The highest BCUT2D eigenvalue weighted by atomic mass is 32.1. The number of amides is 2. The highest BCUT2D eigenvalue weighted by molar-refractivity contribution is 7.10. The second-order valence-corrected chi connectivity index (χ2v) is 7.78. The van der Waals surface area contributed by atoms with Gasteiger partial charge in [-0.05, 0) is 48.6 Å². The first-order valence-electron chi connectivity index (χ1n) is 9.20. The summed E-state index contributed by atoms with van der Waals surface area (Å²) in [5.74, 6) is 0. The molecule has 0 spiro atoms. The Morgan fingerprint density at radius 2 is 1.93 bits per heavy atom. The number of thiophene rings is 1. The van der Waals surface area contributed by atoms with Gasteiger partial charge in [-0.1, -0.05) is 42.0 Å². The number of urea groups is 1. The van der Waals surface area contributed by atoms with E-state index in [2.05, 4.69) is 57.3 Å². The SMILES string of the molecule is Cc1ccc(NC(=O)NCC(c2cccs2)N2CCc3ccccc32)cc1. The number of para-hydroxylation sites is 1. The van der Waals surface area contributed by atoms with E-state index in [4.69, 9.17) is 0 Å². The predicted molar refractivity (Wildman–Crippen MR) is 113 cm³/mol. The molecule has 1 aromatic heterocycles. The van der Waals surface area contributed by atoms with Gasteiger partial charge in [-0.15, -0.1) is 11.3 Å². The molecule has 2 N–H and O–H groups in total. The van der Waals surface area contributed by atoms with E-state index in [0.29, 0.717) is 6.54 Å².